The van der Waals surface area contributed by atoms with Crippen molar-refractivity contribution in [1.82, 2.24) is 5.16 Å². The molecule has 1 aliphatic rings. The number of rotatable bonds is 5. The maximum atomic E-state index is 13.1. The number of ether oxygens (including phenoxy) is 1. The van der Waals surface area contributed by atoms with Gasteiger partial charge in [-0.1, -0.05) is 17.3 Å². The Balaban J connectivity index is 1.82. The fraction of sp³-hybridized carbons (Fsp3) is 0.308. The van der Waals surface area contributed by atoms with Crippen LogP contribution in [0.25, 0.3) is 0 Å². The van der Waals surface area contributed by atoms with E-state index < -0.39 is 0 Å². The zero-order valence-corrected chi connectivity index (χ0v) is 9.80. The molecule has 0 saturated carbocycles. The van der Waals surface area contributed by atoms with Crippen molar-refractivity contribution in [1.29, 1.82) is 0 Å². The van der Waals surface area contributed by atoms with Crippen LogP contribution in [0.3, 0.4) is 0 Å². The highest BCUT2D eigenvalue weighted by molar-refractivity contribution is 5.30. The molecule has 0 amide bonds. The Kier molecular flexibility index (Phi) is 4.44. The summed E-state index contributed by atoms with van der Waals surface area (Å²) in [6, 6.07) is 1.62. The average Bonchev–Trinajstić information content (AvgIpc) is 2.72. The summed E-state index contributed by atoms with van der Waals surface area (Å²) in [5.74, 6) is 0.264. The first-order valence-corrected chi connectivity index (χ1v) is 5.64. The minimum atomic E-state index is -0.274. The molecule has 0 unspecified atom stereocenters. The summed E-state index contributed by atoms with van der Waals surface area (Å²) in [6.45, 7) is 0.395. The molecule has 0 aromatic carbocycles. The van der Waals surface area contributed by atoms with Gasteiger partial charge in [-0.25, -0.2) is 4.39 Å². The molecule has 1 heterocycles. The number of hydrogen-bond acceptors (Lipinski definition) is 4. The molecule has 0 atom stereocenters. The highest BCUT2D eigenvalue weighted by Crippen LogP contribution is 2.13. The van der Waals surface area contributed by atoms with E-state index in [-0.39, 0.29) is 19.0 Å². The Bertz CT molecular complexity index is 488. The Morgan fingerprint density at radius 3 is 3.11 bits per heavy atom. The van der Waals surface area contributed by atoms with Crippen molar-refractivity contribution in [2.24, 2.45) is 0 Å². The summed E-state index contributed by atoms with van der Waals surface area (Å²) in [5, 5.41) is 12.4. The lowest BCUT2D eigenvalue weighted by Crippen LogP contribution is -1.97. The van der Waals surface area contributed by atoms with Gasteiger partial charge in [-0.2, -0.15) is 0 Å². The average molecular weight is 251 g/mol. The zero-order valence-electron chi connectivity index (χ0n) is 9.80. The molecule has 0 radical (unpaired) electrons. The highest BCUT2D eigenvalue weighted by atomic mass is 19.1. The van der Waals surface area contributed by atoms with Crippen molar-refractivity contribution in [2.75, 3.05) is 6.61 Å². The lowest BCUT2D eigenvalue weighted by molar-refractivity contribution is 0.121. The smallest absolute Gasteiger partial charge is 0.162 e. The first-order chi connectivity index (χ1) is 8.78. The van der Waals surface area contributed by atoms with Crippen LogP contribution in [0.2, 0.25) is 0 Å². The van der Waals surface area contributed by atoms with Gasteiger partial charge in [-0.05, 0) is 24.1 Å². The highest BCUT2D eigenvalue weighted by Gasteiger charge is 2.04. The molecule has 2 rings (SSSR count). The third-order valence-corrected chi connectivity index (χ3v) is 2.40. The fourth-order valence-electron chi connectivity index (χ4n) is 1.55. The van der Waals surface area contributed by atoms with Crippen molar-refractivity contribution in [3.8, 4) is 0 Å². The second-order valence-electron chi connectivity index (χ2n) is 3.88. The summed E-state index contributed by atoms with van der Waals surface area (Å²) < 4.78 is 23.4. The number of halogens is 1. The van der Waals surface area contributed by atoms with Gasteiger partial charge in [-0.15, -0.1) is 0 Å². The van der Waals surface area contributed by atoms with Crippen molar-refractivity contribution in [3.63, 3.8) is 0 Å². The van der Waals surface area contributed by atoms with Gasteiger partial charge in [0.2, 0.25) is 0 Å². The number of aliphatic hydroxyl groups excluding tert-OH is 1. The molecule has 18 heavy (non-hydrogen) atoms. The van der Waals surface area contributed by atoms with Gasteiger partial charge in [0.1, 0.15) is 18.1 Å². The summed E-state index contributed by atoms with van der Waals surface area (Å²) in [7, 11) is 0. The molecule has 0 saturated heterocycles. The van der Waals surface area contributed by atoms with E-state index in [4.69, 9.17) is 14.4 Å². The molecular formula is C13H14FNO3. The quantitative estimate of drug-likeness (QED) is 0.873. The summed E-state index contributed by atoms with van der Waals surface area (Å²) in [6.07, 6.45) is 7.24. The maximum Gasteiger partial charge on any atom is 0.162 e. The van der Waals surface area contributed by atoms with Crippen LogP contribution in [0.15, 0.2) is 46.3 Å². The lowest BCUT2D eigenvalue weighted by atomic mass is 10.2. The van der Waals surface area contributed by atoms with Gasteiger partial charge in [0.25, 0.3) is 0 Å². The van der Waals surface area contributed by atoms with Gasteiger partial charge in [0.15, 0.2) is 5.76 Å². The predicted molar refractivity (Wildman–Crippen MR) is 63.1 cm³/mol. The molecule has 1 aromatic rings. The zero-order chi connectivity index (χ0) is 12.8. The van der Waals surface area contributed by atoms with Crippen LogP contribution < -0.4 is 0 Å². The molecular weight excluding hydrogens is 237 g/mol. The predicted octanol–water partition coefficient (Wildman–Crippen LogP) is 2.42. The first-order valence-electron chi connectivity index (χ1n) is 5.64. The Morgan fingerprint density at radius 2 is 2.33 bits per heavy atom. The molecule has 0 aliphatic heterocycles. The van der Waals surface area contributed by atoms with E-state index in [2.05, 4.69) is 5.16 Å². The van der Waals surface area contributed by atoms with E-state index in [1.807, 2.05) is 6.08 Å². The second kappa shape index (κ2) is 6.28. The Morgan fingerprint density at radius 1 is 1.44 bits per heavy atom. The van der Waals surface area contributed by atoms with Crippen LogP contribution in [0.1, 0.15) is 17.9 Å². The van der Waals surface area contributed by atoms with Crippen LogP contribution in [0.4, 0.5) is 4.39 Å². The second-order valence-corrected chi connectivity index (χ2v) is 3.88. The number of aromatic nitrogens is 1. The molecule has 5 heteroatoms. The van der Waals surface area contributed by atoms with Crippen LogP contribution in [-0.4, -0.2) is 16.9 Å². The van der Waals surface area contributed by atoms with E-state index in [9.17, 15) is 4.39 Å². The minimum absolute atomic E-state index is 0.158. The van der Waals surface area contributed by atoms with Gasteiger partial charge in [-0.3, -0.25) is 0 Å². The number of aliphatic hydroxyl groups is 1. The van der Waals surface area contributed by atoms with Crippen LogP contribution in [-0.2, 0) is 18.0 Å². The standard InChI is InChI=1S/C13H14FNO3/c14-11-4-2-1-3-10(5-11)8-17-9-13-6-12(7-16)15-18-13/h2-6,16H,1,7-9H2. The van der Waals surface area contributed by atoms with Gasteiger partial charge < -0.3 is 14.4 Å². The van der Waals surface area contributed by atoms with E-state index in [0.717, 1.165) is 5.57 Å². The summed E-state index contributed by atoms with van der Waals surface area (Å²) in [4.78, 5) is 0. The number of hydrogen-bond donors (Lipinski definition) is 1. The molecule has 1 N–H and O–H groups in total. The molecule has 0 fully saturated rings. The molecule has 1 aromatic heterocycles. The number of nitrogens with zero attached hydrogens (tertiary/aromatic N) is 1. The van der Waals surface area contributed by atoms with Gasteiger partial charge >= 0.3 is 0 Å². The maximum absolute atomic E-state index is 13.1. The van der Waals surface area contributed by atoms with Crippen molar-refractivity contribution < 1.29 is 18.8 Å². The Hall–Kier alpha value is -1.72. The Labute approximate surface area is 104 Å². The SMILES string of the molecule is OCc1cc(COCC2=CCC=CC(F)=C2)on1. The fourth-order valence-corrected chi connectivity index (χ4v) is 1.55. The van der Waals surface area contributed by atoms with Crippen LogP contribution in [0.5, 0.6) is 0 Å². The third kappa shape index (κ3) is 3.65. The van der Waals surface area contributed by atoms with E-state index >= 15 is 0 Å². The van der Waals surface area contributed by atoms with Crippen LogP contribution >= 0.6 is 0 Å². The number of allylic oxidation sites excluding steroid dienone is 4. The molecule has 96 valence electrons. The molecule has 1 aliphatic carbocycles. The normalized spacial score (nSPS) is 15.2. The monoisotopic (exact) mass is 251 g/mol. The first kappa shape index (κ1) is 12.7. The topological polar surface area (TPSA) is 55.5 Å². The van der Waals surface area contributed by atoms with Crippen molar-refractivity contribution >= 4 is 0 Å². The van der Waals surface area contributed by atoms with Crippen molar-refractivity contribution in [2.45, 2.75) is 19.6 Å². The van der Waals surface area contributed by atoms with E-state index in [1.54, 1.807) is 12.1 Å². The minimum Gasteiger partial charge on any atom is -0.390 e. The molecule has 4 nitrogen and oxygen atoms in total. The molecule has 0 spiro atoms. The lowest BCUT2D eigenvalue weighted by Gasteiger charge is -2.02. The van der Waals surface area contributed by atoms with Crippen LogP contribution in [0, 0.1) is 0 Å². The molecule has 0 bridgehead atoms. The summed E-state index contributed by atoms with van der Waals surface area (Å²) >= 11 is 0. The van der Waals surface area contributed by atoms with E-state index in [1.165, 1.54) is 12.2 Å². The third-order valence-electron chi connectivity index (χ3n) is 2.40. The van der Waals surface area contributed by atoms with Gasteiger partial charge in [0, 0.05) is 6.07 Å². The van der Waals surface area contributed by atoms with Crippen molar-refractivity contribution in [3.05, 3.63) is 53.2 Å². The van der Waals surface area contributed by atoms with E-state index in [0.29, 0.717) is 24.5 Å². The van der Waals surface area contributed by atoms with Gasteiger partial charge in [0.05, 0.1) is 13.2 Å². The summed E-state index contributed by atoms with van der Waals surface area (Å²) in [5.41, 5.74) is 1.26. The largest absolute Gasteiger partial charge is 0.390 e.